The Labute approximate surface area is 131 Å². The van der Waals surface area contributed by atoms with Gasteiger partial charge in [0.2, 0.25) is 0 Å². The summed E-state index contributed by atoms with van der Waals surface area (Å²) >= 11 is 3.42. The highest BCUT2D eigenvalue weighted by molar-refractivity contribution is 9.10. The number of carbonyl (C=O) groups is 1. The Morgan fingerprint density at radius 3 is 2.71 bits per heavy atom. The highest BCUT2D eigenvalue weighted by Gasteiger charge is 2.08. The molecule has 0 atom stereocenters. The third-order valence-corrected chi connectivity index (χ3v) is 3.99. The molecule has 0 bridgehead atoms. The maximum atomic E-state index is 12.2. The van der Waals surface area contributed by atoms with Crippen LogP contribution in [0.15, 0.2) is 45.8 Å². The SMILES string of the molecule is CCCn1cc(NC(=O)c2ccc(C)c(Br)c2)ccc1=O. The van der Waals surface area contributed by atoms with Crippen LogP contribution >= 0.6 is 15.9 Å². The molecule has 0 unspecified atom stereocenters. The van der Waals surface area contributed by atoms with Crippen molar-refractivity contribution in [1.29, 1.82) is 0 Å². The molecule has 5 heteroatoms. The summed E-state index contributed by atoms with van der Waals surface area (Å²) in [6, 6.07) is 8.53. The smallest absolute Gasteiger partial charge is 0.255 e. The summed E-state index contributed by atoms with van der Waals surface area (Å²) in [4.78, 5) is 23.9. The van der Waals surface area contributed by atoms with Crippen LogP contribution in [0.5, 0.6) is 0 Å². The van der Waals surface area contributed by atoms with Crippen molar-refractivity contribution in [2.75, 3.05) is 5.32 Å². The fourth-order valence-corrected chi connectivity index (χ4v) is 2.34. The van der Waals surface area contributed by atoms with Crippen LogP contribution in [0.1, 0.15) is 29.3 Å². The molecule has 0 fully saturated rings. The van der Waals surface area contributed by atoms with Gasteiger partial charge in [-0.15, -0.1) is 0 Å². The molecule has 1 heterocycles. The van der Waals surface area contributed by atoms with Gasteiger partial charge in [0.15, 0.2) is 0 Å². The van der Waals surface area contributed by atoms with Gasteiger partial charge < -0.3 is 9.88 Å². The van der Waals surface area contributed by atoms with Gasteiger partial charge in [-0.05, 0) is 37.1 Å². The molecule has 0 aliphatic rings. The summed E-state index contributed by atoms with van der Waals surface area (Å²) in [6.07, 6.45) is 2.54. The highest BCUT2D eigenvalue weighted by atomic mass is 79.9. The minimum atomic E-state index is -0.197. The molecule has 0 radical (unpaired) electrons. The van der Waals surface area contributed by atoms with Crippen LogP contribution in [-0.2, 0) is 6.54 Å². The maximum absolute atomic E-state index is 12.2. The fourth-order valence-electron chi connectivity index (χ4n) is 1.96. The van der Waals surface area contributed by atoms with Crippen molar-refractivity contribution in [1.82, 2.24) is 4.57 Å². The molecule has 0 saturated heterocycles. The minimum Gasteiger partial charge on any atom is -0.321 e. The van der Waals surface area contributed by atoms with Crippen molar-refractivity contribution in [2.24, 2.45) is 0 Å². The first-order chi connectivity index (χ1) is 10.0. The molecule has 1 N–H and O–H groups in total. The summed E-state index contributed by atoms with van der Waals surface area (Å²) in [5.74, 6) is -0.197. The number of aromatic nitrogens is 1. The van der Waals surface area contributed by atoms with Crippen molar-refractivity contribution in [3.05, 3.63) is 62.5 Å². The second kappa shape index (κ2) is 6.72. The number of rotatable bonds is 4. The van der Waals surface area contributed by atoms with Gasteiger partial charge in [-0.2, -0.15) is 0 Å². The van der Waals surface area contributed by atoms with E-state index >= 15 is 0 Å². The molecule has 2 aromatic rings. The summed E-state index contributed by atoms with van der Waals surface area (Å²) in [7, 11) is 0. The molecule has 0 aliphatic heterocycles. The van der Waals surface area contributed by atoms with Gasteiger partial charge in [0, 0.05) is 28.8 Å². The van der Waals surface area contributed by atoms with Gasteiger partial charge in [0.05, 0.1) is 5.69 Å². The number of hydrogen-bond donors (Lipinski definition) is 1. The summed E-state index contributed by atoms with van der Waals surface area (Å²) in [5.41, 5.74) is 2.20. The van der Waals surface area contributed by atoms with Crippen LogP contribution in [0.25, 0.3) is 0 Å². The van der Waals surface area contributed by atoms with Gasteiger partial charge in [-0.1, -0.05) is 28.9 Å². The van der Waals surface area contributed by atoms with E-state index in [1.165, 1.54) is 6.07 Å². The molecular formula is C16H17BrN2O2. The minimum absolute atomic E-state index is 0.0621. The van der Waals surface area contributed by atoms with Crippen LogP contribution in [-0.4, -0.2) is 10.5 Å². The van der Waals surface area contributed by atoms with Crippen LogP contribution in [0, 0.1) is 6.92 Å². The second-order valence-electron chi connectivity index (χ2n) is 4.87. The zero-order valence-corrected chi connectivity index (χ0v) is 13.6. The second-order valence-corrected chi connectivity index (χ2v) is 5.72. The summed E-state index contributed by atoms with van der Waals surface area (Å²) in [6.45, 7) is 4.60. The van der Waals surface area contributed by atoms with E-state index in [0.717, 1.165) is 16.5 Å². The van der Waals surface area contributed by atoms with Crippen LogP contribution in [0.4, 0.5) is 5.69 Å². The first kappa shape index (κ1) is 15.5. The predicted molar refractivity (Wildman–Crippen MR) is 87.8 cm³/mol. The van der Waals surface area contributed by atoms with E-state index in [1.54, 1.807) is 29.0 Å². The Kier molecular flexibility index (Phi) is 4.96. The van der Waals surface area contributed by atoms with Crippen molar-refractivity contribution < 1.29 is 4.79 Å². The largest absolute Gasteiger partial charge is 0.321 e. The molecule has 1 aromatic heterocycles. The van der Waals surface area contributed by atoms with Crippen LogP contribution in [0.2, 0.25) is 0 Å². The summed E-state index contributed by atoms with van der Waals surface area (Å²) in [5, 5.41) is 2.81. The molecule has 0 spiro atoms. The number of anilines is 1. The molecule has 110 valence electrons. The lowest BCUT2D eigenvalue weighted by Crippen LogP contribution is -2.20. The van der Waals surface area contributed by atoms with Gasteiger partial charge >= 0.3 is 0 Å². The number of nitrogens with one attached hydrogen (secondary N) is 1. The normalized spacial score (nSPS) is 10.4. The van der Waals surface area contributed by atoms with Gasteiger partial charge in [-0.25, -0.2) is 0 Å². The van der Waals surface area contributed by atoms with Crippen molar-refractivity contribution in [2.45, 2.75) is 26.8 Å². The lowest BCUT2D eigenvalue weighted by Gasteiger charge is -2.09. The zero-order chi connectivity index (χ0) is 15.4. The molecule has 0 aliphatic carbocycles. The monoisotopic (exact) mass is 348 g/mol. The molecule has 1 amide bonds. The Hall–Kier alpha value is -1.88. The fraction of sp³-hybridized carbons (Fsp3) is 0.250. The van der Waals surface area contributed by atoms with Gasteiger partial charge in [-0.3, -0.25) is 9.59 Å². The first-order valence-electron chi connectivity index (χ1n) is 6.79. The van der Waals surface area contributed by atoms with E-state index in [2.05, 4.69) is 21.2 Å². The Morgan fingerprint density at radius 2 is 2.05 bits per heavy atom. The maximum Gasteiger partial charge on any atom is 0.255 e. The van der Waals surface area contributed by atoms with E-state index in [-0.39, 0.29) is 11.5 Å². The highest BCUT2D eigenvalue weighted by Crippen LogP contribution is 2.18. The molecule has 0 saturated carbocycles. The Bertz CT molecular complexity index is 722. The molecule has 21 heavy (non-hydrogen) atoms. The van der Waals surface area contributed by atoms with E-state index in [4.69, 9.17) is 0 Å². The Morgan fingerprint density at radius 1 is 1.29 bits per heavy atom. The van der Waals surface area contributed by atoms with Crippen molar-refractivity contribution in [3.63, 3.8) is 0 Å². The number of pyridine rings is 1. The number of aryl methyl sites for hydroxylation is 2. The number of benzene rings is 1. The third-order valence-electron chi connectivity index (χ3n) is 3.14. The molecule has 2 rings (SSSR count). The zero-order valence-electron chi connectivity index (χ0n) is 12.0. The van der Waals surface area contributed by atoms with Crippen LogP contribution in [0.3, 0.4) is 0 Å². The third kappa shape index (κ3) is 3.82. The lowest BCUT2D eigenvalue weighted by atomic mass is 10.1. The number of amides is 1. The predicted octanol–water partition coefficient (Wildman–Crippen LogP) is 3.58. The Balaban J connectivity index is 2.21. The van der Waals surface area contributed by atoms with E-state index in [9.17, 15) is 9.59 Å². The molecule has 4 nitrogen and oxygen atoms in total. The van der Waals surface area contributed by atoms with Gasteiger partial charge in [0.25, 0.3) is 11.5 Å². The number of hydrogen-bond acceptors (Lipinski definition) is 2. The average molecular weight is 349 g/mol. The van der Waals surface area contributed by atoms with Gasteiger partial charge in [0.1, 0.15) is 0 Å². The van der Waals surface area contributed by atoms with Crippen LogP contribution < -0.4 is 10.9 Å². The van der Waals surface area contributed by atoms with E-state index in [0.29, 0.717) is 17.8 Å². The topological polar surface area (TPSA) is 51.1 Å². The average Bonchev–Trinajstić information content (AvgIpc) is 2.45. The molecule has 1 aromatic carbocycles. The van der Waals surface area contributed by atoms with E-state index in [1.807, 2.05) is 19.9 Å². The lowest BCUT2D eigenvalue weighted by molar-refractivity contribution is 0.102. The summed E-state index contributed by atoms with van der Waals surface area (Å²) < 4.78 is 2.49. The number of carbonyl (C=O) groups excluding carboxylic acids is 1. The standard InChI is InChI=1S/C16H17BrN2O2/c1-3-8-19-10-13(6-7-15(19)20)18-16(21)12-5-4-11(2)14(17)9-12/h4-7,9-10H,3,8H2,1-2H3,(H,18,21). The quantitative estimate of drug-likeness (QED) is 0.917. The number of halogens is 1. The van der Waals surface area contributed by atoms with Crippen molar-refractivity contribution >= 4 is 27.5 Å². The first-order valence-corrected chi connectivity index (χ1v) is 7.58. The molecular weight excluding hydrogens is 332 g/mol. The van der Waals surface area contributed by atoms with E-state index < -0.39 is 0 Å². The van der Waals surface area contributed by atoms with Crippen molar-refractivity contribution in [3.8, 4) is 0 Å². The number of nitrogens with zero attached hydrogens (tertiary/aromatic N) is 1.